The molecule has 9 heteroatoms. The number of carbonyl (C=O) groups excluding carboxylic acids is 2. The standard InChI is InChI=1S/C18H17Cl2N3O3S/c1-10-5-11(2)7-13(6-10)26-9-16(24)22-23-18(27)21-17(25)14-4-3-12(19)8-15(14)20/h3-8H,9H2,1-2H3,(H,22,24)(H2,21,23,25,27). The first kappa shape index (κ1) is 21.0. The normalized spacial score (nSPS) is 10.1. The highest BCUT2D eigenvalue weighted by molar-refractivity contribution is 7.80. The first-order chi connectivity index (χ1) is 12.7. The molecule has 0 atom stereocenters. The van der Waals surface area contributed by atoms with Crippen LogP contribution in [0.5, 0.6) is 5.75 Å². The number of hydrogen-bond donors (Lipinski definition) is 3. The molecule has 2 aromatic carbocycles. The number of carbonyl (C=O) groups is 2. The Labute approximate surface area is 172 Å². The summed E-state index contributed by atoms with van der Waals surface area (Å²) < 4.78 is 5.43. The minimum atomic E-state index is -0.532. The number of hydrogen-bond acceptors (Lipinski definition) is 4. The molecule has 0 bridgehead atoms. The van der Waals surface area contributed by atoms with E-state index in [1.165, 1.54) is 18.2 Å². The molecule has 0 heterocycles. The maximum atomic E-state index is 12.1. The average molecular weight is 426 g/mol. The van der Waals surface area contributed by atoms with Crippen molar-refractivity contribution in [1.82, 2.24) is 16.2 Å². The second kappa shape index (κ2) is 9.55. The fourth-order valence-corrected chi connectivity index (χ4v) is 2.84. The molecular weight excluding hydrogens is 409 g/mol. The molecule has 0 spiro atoms. The molecule has 0 saturated carbocycles. The lowest BCUT2D eigenvalue weighted by Gasteiger charge is -2.12. The summed E-state index contributed by atoms with van der Waals surface area (Å²) in [4.78, 5) is 23.9. The molecule has 0 aliphatic rings. The Balaban J connectivity index is 1.79. The number of amides is 2. The Bertz CT molecular complexity index is 870. The third-order valence-corrected chi connectivity index (χ3v) is 4.04. The van der Waals surface area contributed by atoms with Crippen molar-refractivity contribution in [2.45, 2.75) is 13.8 Å². The molecule has 0 aliphatic heterocycles. The molecule has 142 valence electrons. The number of nitrogens with one attached hydrogen (secondary N) is 3. The molecule has 6 nitrogen and oxygen atoms in total. The second-order valence-corrected chi connectivity index (χ2v) is 6.94. The van der Waals surface area contributed by atoms with Crippen LogP contribution in [0.4, 0.5) is 0 Å². The summed E-state index contributed by atoms with van der Waals surface area (Å²) in [6.45, 7) is 3.67. The van der Waals surface area contributed by atoms with E-state index in [2.05, 4.69) is 16.2 Å². The minimum Gasteiger partial charge on any atom is -0.484 e. The zero-order chi connectivity index (χ0) is 20.0. The molecular formula is C18H17Cl2N3O3S. The highest BCUT2D eigenvalue weighted by Gasteiger charge is 2.12. The maximum absolute atomic E-state index is 12.1. The number of rotatable bonds is 4. The van der Waals surface area contributed by atoms with Crippen molar-refractivity contribution < 1.29 is 14.3 Å². The fraction of sp³-hybridized carbons (Fsp3) is 0.167. The van der Waals surface area contributed by atoms with Gasteiger partial charge in [-0.1, -0.05) is 29.3 Å². The molecule has 0 radical (unpaired) electrons. The molecule has 27 heavy (non-hydrogen) atoms. The summed E-state index contributed by atoms with van der Waals surface area (Å²) >= 11 is 16.7. The number of hydrazine groups is 1. The van der Waals surface area contributed by atoms with E-state index in [1.807, 2.05) is 32.0 Å². The van der Waals surface area contributed by atoms with Crippen LogP contribution in [0.15, 0.2) is 36.4 Å². The van der Waals surface area contributed by atoms with E-state index in [-0.39, 0.29) is 22.3 Å². The van der Waals surface area contributed by atoms with Crippen molar-refractivity contribution in [2.24, 2.45) is 0 Å². The first-order valence-electron chi connectivity index (χ1n) is 7.81. The number of halogens is 2. The van der Waals surface area contributed by atoms with Gasteiger partial charge in [-0.3, -0.25) is 25.8 Å². The van der Waals surface area contributed by atoms with Gasteiger partial charge in [-0.25, -0.2) is 0 Å². The van der Waals surface area contributed by atoms with Gasteiger partial charge >= 0.3 is 0 Å². The van der Waals surface area contributed by atoms with E-state index >= 15 is 0 Å². The van der Waals surface area contributed by atoms with Gasteiger partial charge in [0.25, 0.3) is 11.8 Å². The van der Waals surface area contributed by atoms with Gasteiger partial charge in [-0.05, 0) is 67.5 Å². The van der Waals surface area contributed by atoms with Crippen molar-refractivity contribution in [3.8, 4) is 5.75 Å². The Kier molecular flexibility index (Phi) is 7.41. The Morgan fingerprint density at radius 1 is 1.04 bits per heavy atom. The lowest BCUT2D eigenvalue weighted by Crippen LogP contribution is -2.49. The highest BCUT2D eigenvalue weighted by atomic mass is 35.5. The number of aryl methyl sites for hydroxylation is 2. The summed E-state index contributed by atoms with van der Waals surface area (Å²) in [6, 6.07) is 10.1. The molecule has 2 amide bonds. The quantitative estimate of drug-likeness (QED) is 0.517. The van der Waals surface area contributed by atoms with Gasteiger partial charge in [0.05, 0.1) is 10.6 Å². The van der Waals surface area contributed by atoms with Crippen LogP contribution in [0.2, 0.25) is 10.0 Å². The zero-order valence-electron chi connectivity index (χ0n) is 14.6. The third-order valence-electron chi connectivity index (χ3n) is 3.28. The minimum absolute atomic E-state index is 0.0919. The van der Waals surface area contributed by atoms with Gasteiger partial charge in [0.1, 0.15) is 5.75 Å². The predicted octanol–water partition coefficient (Wildman–Crippen LogP) is 3.32. The van der Waals surface area contributed by atoms with E-state index in [0.29, 0.717) is 10.8 Å². The first-order valence-corrected chi connectivity index (χ1v) is 8.97. The second-order valence-electron chi connectivity index (χ2n) is 5.69. The van der Waals surface area contributed by atoms with Gasteiger partial charge in [-0.2, -0.15) is 0 Å². The van der Waals surface area contributed by atoms with E-state index in [0.717, 1.165) is 11.1 Å². The summed E-state index contributed by atoms with van der Waals surface area (Å²) in [5.74, 6) is -0.402. The van der Waals surface area contributed by atoms with Crippen LogP contribution in [-0.2, 0) is 4.79 Å². The lowest BCUT2D eigenvalue weighted by molar-refractivity contribution is -0.123. The van der Waals surface area contributed by atoms with Crippen LogP contribution >= 0.6 is 35.4 Å². The SMILES string of the molecule is Cc1cc(C)cc(OCC(=O)NNC(=S)NC(=O)c2ccc(Cl)cc2Cl)c1. The summed E-state index contributed by atoms with van der Waals surface area (Å²) in [7, 11) is 0. The molecule has 2 aromatic rings. The Morgan fingerprint density at radius 2 is 1.70 bits per heavy atom. The van der Waals surface area contributed by atoms with E-state index in [4.69, 9.17) is 40.2 Å². The van der Waals surface area contributed by atoms with Gasteiger partial charge in [-0.15, -0.1) is 0 Å². The predicted molar refractivity (Wildman–Crippen MR) is 109 cm³/mol. The summed E-state index contributed by atoms with van der Waals surface area (Å²) in [5, 5.41) is 2.91. The van der Waals surface area contributed by atoms with Crippen molar-refractivity contribution in [3.05, 3.63) is 63.1 Å². The monoisotopic (exact) mass is 425 g/mol. The average Bonchev–Trinajstić information content (AvgIpc) is 2.57. The molecule has 2 rings (SSSR count). The molecule has 0 aliphatic carbocycles. The maximum Gasteiger partial charge on any atom is 0.276 e. The van der Waals surface area contributed by atoms with Crippen molar-refractivity contribution in [2.75, 3.05) is 6.61 Å². The van der Waals surface area contributed by atoms with Gasteiger partial charge in [0, 0.05) is 5.02 Å². The lowest BCUT2D eigenvalue weighted by atomic mass is 10.1. The van der Waals surface area contributed by atoms with Crippen LogP contribution in [0.25, 0.3) is 0 Å². The number of ether oxygens (including phenoxy) is 1. The van der Waals surface area contributed by atoms with Gasteiger partial charge < -0.3 is 4.74 Å². The van der Waals surface area contributed by atoms with Crippen molar-refractivity contribution in [1.29, 1.82) is 0 Å². The topological polar surface area (TPSA) is 79.5 Å². The number of thiocarbonyl (C=S) groups is 1. The molecule has 3 N–H and O–H groups in total. The van der Waals surface area contributed by atoms with Crippen molar-refractivity contribution in [3.63, 3.8) is 0 Å². The van der Waals surface area contributed by atoms with E-state index in [9.17, 15) is 9.59 Å². The third kappa shape index (κ3) is 6.71. The van der Waals surface area contributed by atoms with Gasteiger partial charge in [0.15, 0.2) is 11.7 Å². The highest BCUT2D eigenvalue weighted by Crippen LogP contribution is 2.20. The molecule has 0 fully saturated rings. The van der Waals surface area contributed by atoms with Crippen LogP contribution in [0, 0.1) is 13.8 Å². The van der Waals surface area contributed by atoms with Gasteiger partial charge in [0.2, 0.25) is 0 Å². The largest absolute Gasteiger partial charge is 0.484 e. The van der Waals surface area contributed by atoms with Crippen LogP contribution in [0.1, 0.15) is 21.5 Å². The van der Waals surface area contributed by atoms with Crippen LogP contribution < -0.4 is 20.9 Å². The summed E-state index contributed by atoms with van der Waals surface area (Å²) in [6.07, 6.45) is 0. The van der Waals surface area contributed by atoms with E-state index in [1.54, 1.807) is 0 Å². The van der Waals surface area contributed by atoms with Crippen molar-refractivity contribution >= 4 is 52.3 Å². The Morgan fingerprint density at radius 3 is 2.33 bits per heavy atom. The molecule has 0 saturated heterocycles. The molecule has 0 unspecified atom stereocenters. The summed E-state index contributed by atoms with van der Waals surface area (Å²) in [5.41, 5.74) is 7.04. The number of benzene rings is 2. The fourth-order valence-electron chi connectivity index (χ4n) is 2.20. The zero-order valence-corrected chi connectivity index (χ0v) is 16.9. The molecule has 0 aromatic heterocycles. The smallest absolute Gasteiger partial charge is 0.276 e. The Hall–Kier alpha value is -2.35. The van der Waals surface area contributed by atoms with Crippen LogP contribution in [0.3, 0.4) is 0 Å². The van der Waals surface area contributed by atoms with Crippen LogP contribution in [-0.4, -0.2) is 23.5 Å². The van der Waals surface area contributed by atoms with E-state index < -0.39 is 11.8 Å².